The number of aromatic nitrogens is 2. The van der Waals surface area contributed by atoms with Gasteiger partial charge in [-0.1, -0.05) is 23.4 Å². The lowest BCUT2D eigenvalue weighted by atomic mass is 10.1. The number of methoxy groups -OCH3 is 2. The Bertz CT molecular complexity index is 1190. The Hall–Kier alpha value is -3.74. The quantitative estimate of drug-likeness (QED) is 0.507. The number of nitrogens with one attached hydrogen (secondary N) is 1. The lowest BCUT2D eigenvalue weighted by Crippen LogP contribution is -2.24. The molecule has 2 heterocycles. The minimum absolute atomic E-state index is 0.0676. The third-order valence-electron chi connectivity index (χ3n) is 5.02. The number of hydrogen-bond acceptors (Lipinski definition) is 5. The van der Waals surface area contributed by atoms with Crippen LogP contribution in [0.5, 0.6) is 11.5 Å². The highest BCUT2D eigenvalue weighted by atomic mass is 16.5. The van der Waals surface area contributed by atoms with Gasteiger partial charge in [-0.3, -0.25) is 4.79 Å². The SMILES string of the molecule is COc1ccc(-c2cc(CNC(=O)Cc3cn(C)c4ccccc34)no2)cc1OC. The Morgan fingerprint density at radius 1 is 1.10 bits per heavy atom. The second-order valence-corrected chi connectivity index (χ2v) is 6.99. The van der Waals surface area contributed by atoms with Crippen LogP contribution in [0.2, 0.25) is 0 Å². The summed E-state index contributed by atoms with van der Waals surface area (Å²) in [6.45, 7) is 0.292. The molecule has 1 N–H and O–H groups in total. The molecular formula is C23H23N3O4. The Labute approximate surface area is 174 Å². The molecule has 7 nitrogen and oxygen atoms in total. The van der Waals surface area contributed by atoms with E-state index in [-0.39, 0.29) is 5.91 Å². The maximum Gasteiger partial charge on any atom is 0.224 e. The van der Waals surface area contributed by atoms with E-state index in [1.165, 1.54) is 0 Å². The lowest BCUT2D eigenvalue weighted by molar-refractivity contribution is -0.120. The molecule has 0 aliphatic rings. The van der Waals surface area contributed by atoms with Crippen molar-refractivity contribution in [3.63, 3.8) is 0 Å². The molecule has 7 heteroatoms. The van der Waals surface area contributed by atoms with Gasteiger partial charge in [-0.05, 0) is 29.8 Å². The van der Waals surface area contributed by atoms with Gasteiger partial charge in [0.1, 0.15) is 5.69 Å². The number of carbonyl (C=O) groups excluding carboxylic acids is 1. The van der Waals surface area contributed by atoms with Crippen LogP contribution in [-0.4, -0.2) is 29.9 Å². The van der Waals surface area contributed by atoms with Crippen molar-refractivity contribution >= 4 is 16.8 Å². The number of fused-ring (bicyclic) bond motifs is 1. The second-order valence-electron chi connectivity index (χ2n) is 6.99. The molecule has 1 amide bonds. The monoisotopic (exact) mass is 405 g/mol. The zero-order valence-electron chi connectivity index (χ0n) is 17.1. The van der Waals surface area contributed by atoms with E-state index in [1.54, 1.807) is 20.3 Å². The molecule has 0 radical (unpaired) electrons. The van der Waals surface area contributed by atoms with Crippen LogP contribution in [0.3, 0.4) is 0 Å². The second kappa shape index (κ2) is 8.32. The third-order valence-corrected chi connectivity index (χ3v) is 5.02. The van der Waals surface area contributed by atoms with Crippen LogP contribution in [0.15, 0.2) is 59.3 Å². The molecule has 0 unspecified atom stereocenters. The van der Waals surface area contributed by atoms with Crippen LogP contribution in [0.25, 0.3) is 22.2 Å². The molecule has 0 aliphatic carbocycles. The minimum atomic E-state index is -0.0676. The van der Waals surface area contributed by atoms with Gasteiger partial charge >= 0.3 is 0 Å². The Morgan fingerprint density at radius 2 is 1.90 bits per heavy atom. The summed E-state index contributed by atoms with van der Waals surface area (Å²) < 4.78 is 18.0. The average molecular weight is 405 g/mol. The standard InChI is InChI=1S/C23H23N3O4/c1-26-14-16(18-6-4-5-7-19(18)26)11-23(27)24-13-17-12-21(30-25-17)15-8-9-20(28-2)22(10-15)29-3/h4-10,12,14H,11,13H2,1-3H3,(H,24,27). The zero-order valence-corrected chi connectivity index (χ0v) is 17.1. The van der Waals surface area contributed by atoms with Gasteiger partial charge in [-0.25, -0.2) is 0 Å². The molecule has 0 atom stereocenters. The molecule has 4 aromatic rings. The van der Waals surface area contributed by atoms with Gasteiger partial charge in [0.15, 0.2) is 17.3 Å². The first-order valence-electron chi connectivity index (χ1n) is 9.56. The number of hydrogen-bond donors (Lipinski definition) is 1. The molecule has 0 aliphatic heterocycles. The van der Waals surface area contributed by atoms with Crippen molar-refractivity contribution in [1.29, 1.82) is 0 Å². The molecule has 30 heavy (non-hydrogen) atoms. The molecule has 0 saturated carbocycles. The predicted octanol–water partition coefficient (Wildman–Crippen LogP) is 3.71. The Morgan fingerprint density at radius 3 is 2.70 bits per heavy atom. The number of amides is 1. The summed E-state index contributed by atoms with van der Waals surface area (Å²) in [5, 5.41) is 8.06. The minimum Gasteiger partial charge on any atom is -0.493 e. The van der Waals surface area contributed by atoms with Crippen molar-refractivity contribution in [3.8, 4) is 22.8 Å². The van der Waals surface area contributed by atoms with Gasteiger partial charge in [-0.15, -0.1) is 0 Å². The molecule has 0 bridgehead atoms. The Kier molecular flexibility index (Phi) is 5.43. The first-order valence-corrected chi connectivity index (χ1v) is 9.56. The normalized spacial score (nSPS) is 10.9. The predicted molar refractivity (Wildman–Crippen MR) is 114 cm³/mol. The zero-order chi connectivity index (χ0) is 21.1. The summed E-state index contributed by atoms with van der Waals surface area (Å²) in [6, 6.07) is 15.4. The van der Waals surface area contributed by atoms with E-state index >= 15 is 0 Å². The first kappa shape index (κ1) is 19.6. The van der Waals surface area contributed by atoms with Gasteiger partial charge in [0, 0.05) is 35.8 Å². The highest BCUT2D eigenvalue weighted by molar-refractivity contribution is 5.89. The van der Waals surface area contributed by atoms with Gasteiger partial charge in [-0.2, -0.15) is 0 Å². The lowest BCUT2D eigenvalue weighted by Gasteiger charge is -2.07. The molecule has 154 valence electrons. The molecule has 4 rings (SSSR count). The van der Waals surface area contributed by atoms with E-state index < -0.39 is 0 Å². The van der Waals surface area contributed by atoms with Crippen LogP contribution in [0.1, 0.15) is 11.3 Å². The fraction of sp³-hybridized carbons (Fsp3) is 0.217. The summed E-state index contributed by atoms with van der Waals surface area (Å²) in [6.07, 6.45) is 2.30. The highest BCUT2D eigenvalue weighted by Crippen LogP contribution is 2.32. The average Bonchev–Trinajstić information content (AvgIpc) is 3.37. The van der Waals surface area contributed by atoms with Gasteiger partial charge in [0.25, 0.3) is 0 Å². The van der Waals surface area contributed by atoms with E-state index in [0.29, 0.717) is 35.9 Å². The molecular weight excluding hydrogens is 382 g/mol. The maximum absolute atomic E-state index is 12.5. The number of para-hydroxylation sites is 1. The highest BCUT2D eigenvalue weighted by Gasteiger charge is 2.13. The Balaban J connectivity index is 1.41. The van der Waals surface area contributed by atoms with Crippen molar-refractivity contribution in [1.82, 2.24) is 15.0 Å². The van der Waals surface area contributed by atoms with E-state index in [0.717, 1.165) is 22.0 Å². The van der Waals surface area contributed by atoms with Crippen molar-refractivity contribution in [2.24, 2.45) is 7.05 Å². The third kappa shape index (κ3) is 3.87. The molecule has 2 aromatic carbocycles. The van der Waals surface area contributed by atoms with Crippen LogP contribution in [-0.2, 0) is 24.8 Å². The number of benzene rings is 2. The fourth-order valence-corrected chi connectivity index (χ4v) is 3.51. The summed E-state index contributed by atoms with van der Waals surface area (Å²) >= 11 is 0. The van der Waals surface area contributed by atoms with Crippen LogP contribution in [0.4, 0.5) is 0 Å². The number of aryl methyl sites for hydroxylation is 1. The van der Waals surface area contributed by atoms with E-state index in [9.17, 15) is 4.79 Å². The molecule has 0 spiro atoms. The number of rotatable bonds is 7. The summed E-state index contributed by atoms with van der Waals surface area (Å²) in [5.41, 5.74) is 3.56. The van der Waals surface area contributed by atoms with Crippen LogP contribution >= 0.6 is 0 Å². The van der Waals surface area contributed by atoms with Crippen molar-refractivity contribution < 1.29 is 18.8 Å². The summed E-state index contributed by atoms with van der Waals surface area (Å²) in [7, 11) is 5.15. The van der Waals surface area contributed by atoms with E-state index in [2.05, 4.69) is 10.5 Å². The van der Waals surface area contributed by atoms with E-state index in [1.807, 2.05) is 60.3 Å². The molecule has 2 aromatic heterocycles. The molecule has 0 saturated heterocycles. The molecule has 0 fully saturated rings. The van der Waals surface area contributed by atoms with Gasteiger partial charge in [0.05, 0.1) is 27.2 Å². The van der Waals surface area contributed by atoms with Crippen molar-refractivity contribution in [3.05, 3.63) is 66.0 Å². The number of nitrogens with zero attached hydrogens (tertiary/aromatic N) is 2. The van der Waals surface area contributed by atoms with Gasteiger partial charge in [0.2, 0.25) is 5.91 Å². The smallest absolute Gasteiger partial charge is 0.224 e. The van der Waals surface area contributed by atoms with Crippen molar-refractivity contribution in [2.75, 3.05) is 14.2 Å². The largest absolute Gasteiger partial charge is 0.493 e. The fourth-order valence-electron chi connectivity index (χ4n) is 3.51. The van der Waals surface area contributed by atoms with Crippen LogP contribution < -0.4 is 14.8 Å². The van der Waals surface area contributed by atoms with Gasteiger partial charge < -0.3 is 23.9 Å². The topological polar surface area (TPSA) is 78.5 Å². The van der Waals surface area contributed by atoms with Crippen LogP contribution in [0, 0.1) is 0 Å². The summed E-state index contributed by atoms with van der Waals surface area (Å²) in [4.78, 5) is 12.5. The maximum atomic E-state index is 12.5. The first-order chi connectivity index (χ1) is 14.6. The number of carbonyl (C=O) groups is 1. The van der Waals surface area contributed by atoms with Crippen molar-refractivity contribution in [2.45, 2.75) is 13.0 Å². The number of ether oxygens (including phenoxy) is 2. The van der Waals surface area contributed by atoms with E-state index in [4.69, 9.17) is 14.0 Å². The summed E-state index contributed by atoms with van der Waals surface area (Å²) in [5.74, 6) is 1.77.